The predicted octanol–water partition coefficient (Wildman–Crippen LogP) is 3.50. The van der Waals surface area contributed by atoms with Crippen LogP contribution in [0.25, 0.3) is 22.1 Å². The number of aromatic hydroxyl groups is 2. The first-order valence-electron chi connectivity index (χ1n) is 5.04. The molecule has 0 aliphatic heterocycles. The van der Waals surface area contributed by atoms with Crippen molar-refractivity contribution in [3.05, 3.63) is 34.3 Å². The van der Waals surface area contributed by atoms with Crippen LogP contribution in [0.4, 0.5) is 0 Å². The lowest BCUT2D eigenvalue weighted by atomic mass is 10.2. The molecule has 6 heteroatoms. The third-order valence-electron chi connectivity index (χ3n) is 2.61. The molecule has 0 saturated heterocycles. The van der Waals surface area contributed by atoms with E-state index < -0.39 is 0 Å². The molecule has 0 fully saturated rings. The first-order valence-corrected chi connectivity index (χ1v) is 5.80. The van der Waals surface area contributed by atoms with Gasteiger partial charge in [0.05, 0.1) is 10.0 Å². The maximum atomic E-state index is 9.75. The van der Waals surface area contributed by atoms with E-state index in [0.29, 0.717) is 21.1 Å². The molecule has 0 atom stereocenters. The molecule has 1 heterocycles. The number of nitrogens with zero attached hydrogens (tertiary/aromatic N) is 2. The van der Waals surface area contributed by atoms with Gasteiger partial charge in [0.1, 0.15) is 33.6 Å². The SMILES string of the molecule is Oc1ccc(Cl)c2nc3c(O)ccc(Cl)c3nc12. The molecule has 3 rings (SSSR count). The average Bonchev–Trinajstić information content (AvgIpc) is 2.37. The Morgan fingerprint density at radius 3 is 1.44 bits per heavy atom. The molecule has 4 nitrogen and oxygen atoms in total. The second kappa shape index (κ2) is 3.86. The van der Waals surface area contributed by atoms with Crippen molar-refractivity contribution in [3.8, 4) is 11.5 Å². The van der Waals surface area contributed by atoms with Gasteiger partial charge in [-0.15, -0.1) is 0 Å². The quantitative estimate of drug-likeness (QED) is 0.619. The van der Waals surface area contributed by atoms with Gasteiger partial charge in [0.15, 0.2) is 0 Å². The van der Waals surface area contributed by atoms with Gasteiger partial charge in [-0.1, -0.05) is 23.2 Å². The van der Waals surface area contributed by atoms with E-state index in [0.717, 1.165) is 0 Å². The first kappa shape index (κ1) is 11.3. The summed E-state index contributed by atoms with van der Waals surface area (Å²) in [7, 11) is 0. The predicted molar refractivity (Wildman–Crippen MR) is 70.4 cm³/mol. The van der Waals surface area contributed by atoms with Crippen molar-refractivity contribution in [1.29, 1.82) is 0 Å². The molecule has 0 aliphatic rings. The monoisotopic (exact) mass is 280 g/mol. The summed E-state index contributed by atoms with van der Waals surface area (Å²) >= 11 is 12.0. The van der Waals surface area contributed by atoms with Crippen LogP contribution in [0.3, 0.4) is 0 Å². The fourth-order valence-electron chi connectivity index (χ4n) is 1.75. The normalized spacial score (nSPS) is 11.2. The lowest BCUT2D eigenvalue weighted by molar-refractivity contribution is 0.478. The van der Waals surface area contributed by atoms with Gasteiger partial charge >= 0.3 is 0 Å². The zero-order chi connectivity index (χ0) is 12.9. The number of benzene rings is 2. The van der Waals surface area contributed by atoms with E-state index in [4.69, 9.17) is 23.2 Å². The minimum atomic E-state index is -0.0387. The van der Waals surface area contributed by atoms with Gasteiger partial charge < -0.3 is 10.2 Å². The molecular formula is C12H6Cl2N2O2. The van der Waals surface area contributed by atoms with E-state index in [2.05, 4.69) is 9.97 Å². The van der Waals surface area contributed by atoms with Gasteiger partial charge in [0, 0.05) is 0 Å². The molecule has 0 aliphatic carbocycles. The van der Waals surface area contributed by atoms with Crippen molar-refractivity contribution < 1.29 is 10.2 Å². The van der Waals surface area contributed by atoms with Gasteiger partial charge in [-0.3, -0.25) is 0 Å². The first-order chi connectivity index (χ1) is 8.58. The topological polar surface area (TPSA) is 66.2 Å². The summed E-state index contributed by atoms with van der Waals surface area (Å²) in [6.45, 7) is 0. The van der Waals surface area contributed by atoms with Gasteiger partial charge in [0.25, 0.3) is 0 Å². The number of hydrogen-bond acceptors (Lipinski definition) is 4. The van der Waals surface area contributed by atoms with Crippen LogP contribution in [-0.2, 0) is 0 Å². The van der Waals surface area contributed by atoms with E-state index >= 15 is 0 Å². The van der Waals surface area contributed by atoms with Crippen LogP contribution in [0.2, 0.25) is 10.0 Å². The lowest BCUT2D eigenvalue weighted by Crippen LogP contribution is -1.90. The van der Waals surface area contributed by atoms with Crippen LogP contribution in [0.1, 0.15) is 0 Å². The molecule has 2 N–H and O–H groups in total. The highest BCUT2D eigenvalue weighted by atomic mass is 35.5. The summed E-state index contributed by atoms with van der Waals surface area (Å²) in [5.41, 5.74) is 1.15. The summed E-state index contributed by atoms with van der Waals surface area (Å²) in [5.74, 6) is -0.0774. The third kappa shape index (κ3) is 1.54. The number of rotatable bonds is 0. The number of phenols is 2. The molecule has 0 unspecified atom stereocenters. The van der Waals surface area contributed by atoms with Crippen LogP contribution in [0.15, 0.2) is 24.3 Å². The fourth-order valence-corrected chi connectivity index (χ4v) is 2.14. The minimum Gasteiger partial charge on any atom is -0.506 e. The maximum Gasteiger partial charge on any atom is 0.143 e. The van der Waals surface area contributed by atoms with Crippen LogP contribution >= 0.6 is 23.2 Å². The third-order valence-corrected chi connectivity index (χ3v) is 3.22. The Morgan fingerprint density at radius 1 is 0.667 bits per heavy atom. The van der Waals surface area contributed by atoms with E-state index in [1.165, 1.54) is 24.3 Å². The highest BCUT2D eigenvalue weighted by Gasteiger charge is 2.13. The molecule has 0 bridgehead atoms. The molecule has 2 aromatic carbocycles. The Morgan fingerprint density at radius 2 is 1.06 bits per heavy atom. The Hall–Kier alpha value is -1.78. The molecule has 1 aromatic heterocycles. The Kier molecular flexibility index (Phi) is 2.43. The van der Waals surface area contributed by atoms with Crippen LogP contribution in [0, 0.1) is 0 Å². The summed E-state index contributed by atoms with van der Waals surface area (Å²) in [5, 5.41) is 20.2. The highest BCUT2D eigenvalue weighted by molar-refractivity contribution is 6.36. The molecule has 3 aromatic rings. The molecule has 18 heavy (non-hydrogen) atoms. The molecule has 0 radical (unpaired) electrons. The number of halogens is 2. The van der Waals surface area contributed by atoms with Crippen LogP contribution < -0.4 is 0 Å². The van der Waals surface area contributed by atoms with Crippen molar-refractivity contribution >= 4 is 45.3 Å². The zero-order valence-corrected chi connectivity index (χ0v) is 10.4. The maximum absolute atomic E-state index is 9.75. The zero-order valence-electron chi connectivity index (χ0n) is 8.85. The summed E-state index contributed by atoms with van der Waals surface area (Å²) in [4.78, 5) is 8.42. The Bertz CT molecular complexity index is 661. The Labute approximate surface area is 111 Å². The number of aromatic nitrogens is 2. The van der Waals surface area contributed by atoms with Crippen molar-refractivity contribution in [2.24, 2.45) is 0 Å². The fraction of sp³-hybridized carbons (Fsp3) is 0. The summed E-state index contributed by atoms with van der Waals surface area (Å²) in [6.07, 6.45) is 0. The van der Waals surface area contributed by atoms with Gasteiger partial charge in [-0.25, -0.2) is 9.97 Å². The van der Waals surface area contributed by atoms with Crippen molar-refractivity contribution in [2.75, 3.05) is 0 Å². The van der Waals surface area contributed by atoms with Gasteiger partial charge in [-0.05, 0) is 24.3 Å². The number of phenolic OH excluding ortho intramolecular Hbond substituents is 2. The standard InChI is InChI=1S/C12H6Cl2N2O2/c13-5-1-3-7(17)11-9(5)15-12-8(18)4-2-6(14)10(12)16-11/h1-4,17-18H. The number of hydrogen-bond donors (Lipinski definition) is 2. The highest BCUT2D eigenvalue weighted by Crippen LogP contribution is 2.34. The van der Waals surface area contributed by atoms with Crippen LogP contribution in [0.5, 0.6) is 11.5 Å². The second-order valence-corrected chi connectivity index (χ2v) is 4.57. The van der Waals surface area contributed by atoms with E-state index in [1.54, 1.807) is 0 Å². The average molecular weight is 281 g/mol. The summed E-state index contributed by atoms with van der Waals surface area (Å²) in [6, 6.07) is 5.90. The molecule has 90 valence electrons. The second-order valence-electron chi connectivity index (χ2n) is 3.75. The Balaban J connectivity index is 2.59. The van der Waals surface area contributed by atoms with Crippen LogP contribution in [-0.4, -0.2) is 20.2 Å². The van der Waals surface area contributed by atoms with Crippen molar-refractivity contribution in [2.45, 2.75) is 0 Å². The van der Waals surface area contributed by atoms with Crippen molar-refractivity contribution in [1.82, 2.24) is 9.97 Å². The smallest absolute Gasteiger partial charge is 0.143 e. The van der Waals surface area contributed by atoms with E-state index in [1.807, 2.05) is 0 Å². The minimum absolute atomic E-state index is 0.0387. The summed E-state index contributed by atoms with van der Waals surface area (Å²) < 4.78 is 0. The molecular weight excluding hydrogens is 275 g/mol. The van der Waals surface area contributed by atoms with E-state index in [9.17, 15) is 10.2 Å². The number of fused-ring (bicyclic) bond motifs is 2. The van der Waals surface area contributed by atoms with E-state index in [-0.39, 0.29) is 22.5 Å². The van der Waals surface area contributed by atoms with Gasteiger partial charge in [0.2, 0.25) is 0 Å². The molecule has 0 saturated carbocycles. The van der Waals surface area contributed by atoms with Gasteiger partial charge in [-0.2, -0.15) is 0 Å². The molecule has 0 spiro atoms. The molecule has 0 amide bonds. The van der Waals surface area contributed by atoms with Crippen molar-refractivity contribution in [3.63, 3.8) is 0 Å². The largest absolute Gasteiger partial charge is 0.506 e. The lowest BCUT2D eigenvalue weighted by Gasteiger charge is -2.06.